The molecule has 4 heteroatoms. The van der Waals surface area contributed by atoms with Gasteiger partial charge in [0.1, 0.15) is 6.33 Å². The molecule has 1 aromatic heterocycles. The molecule has 1 unspecified atom stereocenters. The Balaban J connectivity index is 2.65. The summed E-state index contributed by atoms with van der Waals surface area (Å²) in [7, 11) is 0. The lowest BCUT2D eigenvalue weighted by Gasteiger charge is -1.96. The summed E-state index contributed by atoms with van der Waals surface area (Å²) in [6, 6.07) is 0. The quantitative estimate of drug-likeness (QED) is 0.720. The van der Waals surface area contributed by atoms with Gasteiger partial charge in [0.15, 0.2) is 5.82 Å². The normalized spacial score (nSPS) is 13.6. The van der Waals surface area contributed by atoms with Gasteiger partial charge in [-0.3, -0.25) is 5.10 Å². The Morgan fingerprint density at radius 2 is 2.67 bits per heavy atom. The van der Waals surface area contributed by atoms with Crippen LogP contribution in [0.25, 0.3) is 0 Å². The lowest BCUT2D eigenvalue weighted by Crippen LogP contribution is -1.89. The second-order valence-electron chi connectivity index (χ2n) is 1.73. The fourth-order valence-corrected chi connectivity index (χ4v) is 0.773. The van der Waals surface area contributed by atoms with Crippen LogP contribution in [0.15, 0.2) is 6.33 Å². The van der Waals surface area contributed by atoms with E-state index in [1.165, 1.54) is 0 Å². The average Bonchev–Trinajstić information content (AvgIpc) is 2.37. The Bertz CT molecular complexity index is 161. The van der Waals surface area contributed by atoms with Crippen molar-refractivity contribution in [2.24, 2.45) is 0 Å². The number of aromatic nitrogens is 3. The molecule has 1 N–H and O–H groups in total. The first-order valence-corrected chi connectivity index (χ1v) is 3.76. The van der Waals surface area contributed by atoms with Gasteiger partial charge in [-0.2, -0.15) is 5.10 Å². The van der Waals surface area contributed by atoms with E-state index in [4.69, 9.17) is 0 Å². The summed E-state index contributed by atoms with van der Waals surface area (Å²) in [4.78, 5) is 4.27. The Morgan fingerprint density at radius 1 is 1.89 bits per heavy atom. The second kappa shape index (κ2) is 2.96. The molecular formula is C5H8BrN3. The van der Waals surface area contributed by atoms with Crippen molar-refractivity contribution in [2.45, 2.75) is 18.2 Å². The van der Waals surface area contributed by atoms with Crippen molar-refractivity contribution >= 4 is 15.9 Å². The lowest BCUT2D eigenvalue weighted by molar-refractivity contribution is 0.832. The van der Waals surface area contributed by atoms with Gasteiger partial charge in [0.2, 0.25) is 0 Å². The first kappa shape index (κ1) is 6.74. The molecule has 0 saturated carbocycles. The zero-order valence-electron chi connectivity index (χ0n) is 5.13. The van der Waals surface area contributed by atoms with Crippen LogP contribution in [0.3, 0.4) is 0 Å². The van der Waals surface area contributed by atoms with Gasteiger partial charge >= 0.3 is 0 Å². The van der Waals surface area contributed by atoms with Gasteiger partial charge < -0.3 is 0 Å². The van der Waals surface area contributed by atoms with E-state index in [-0.39, 0.29) is 0 Å². The highest BCUT2D eigenvalue weighted by Crippen LogP contribution is 2.20. The number of alkyl halides is 1. The van der Waals surface area contributed by atoms with Crippen LogP contribution in [-0.4, -0.2) is 15.2 Å². The van der Waals surface area contributed by atoms with Crippen LogP contribution in [0.2, 0.25) is 0 Å². The summed E-state index contributed by atoms with van der Waals surface area (Å²) in [5.41, 5.74) is 0. The highest BCUT2D eigenvalue weighted by Gasteiger charge is 2.06. The zero-order chi connectivity index (χ0) is 6.69. The molecule has 0 aromatic carbocycles. The predicted molar refractivity (Wildman–Crippen MR) is 38.3 cm³/mol. The Hall–Kier alpha value is -0.380. The van der Waals surface area contributed by atoms with Gasteiger partial charge in [0, 0.05) is 0 Å². The van der Waals surface area contributed by atoms with Crippen molar-refractivity contribution in [1.29, 1.82) is 0 Å². The number of nitrogens with zero attached hydrogens (tertiary/aromatic N) is 2. The summed E-state index contributed by atoms with van der Waals surface area (Å²) in [6.07, 6.45) is 2.59. The molecule has 0 aliphatic heterocycles. The molecule has 9 heavy (non-hydrogen) atoms. The van der Waals surface area contributed by atoms with Crippen LogP contribution in [0.4, 0.5) is 0 Å². The van der Waals surface area contributed by atoms with Gasteiger partial charge in [-0.25, -0.2) is 4.98 Å². The minimum absolute atomic E-state index is 0.295. The van der Waals surface area contributed by atoms with Crippen LogP contribution < -0.4 is 0 Å². The fraction of sp³-hybridized carbons (Fsp3) is 0.600. The molecule has 0 fully saturated rings. The SMILES string of the molecule is CCC(Br)c1nc[nH]n1. The Kier molecular flexibility index (Phi) is 2.22. The third kappa shape index (κ3) is 1.51. The maximum absolute atomic E-state index is 3.97. The molecule has 0 radical (unpaired) electrons. The lowest BCUT2D eigenvalue weighted by atomic mass is 10.3. The first-order valence-electron chi connectivity index (χ1n) is 2.84. The van der Waals surface area contributed by atoms with E-state index in [9.17, 15) is 0 Å². The smallest absolute Gasteiger partial charge is 0.163 e. The molecule has 1 atom stereocenters. The third-order valence-corrected chi connectivity index (χ3v) is 2.13. The van der Waals surface area contributed by atoms with Crippen molar-refractivity contribution in [2.75, 3.05) is 0 Å². The highest BCUT2D eigenvalue weighted by molar-refractivity contribution is 9.09. The van der Waals surface area contributed by atoms with Gasteiger partial charge in [0.25, 0.3) is 0 Å². The topological polar surface area (TPSA) is 41.6 Å². The molecule has 0 aliphatic carbocycles. The standard InChI is InChI=1S/C5H8BrN3/c1-2-4(6)5-7-3-8-9-5/h3-4H,2H2,1H3,(H,7,8,9). The average molecular weight is 190 g/mol. The zero-order valence-corrected chi connectivity index (χ0v) is 6.72. The summed E-state index contributed by atoms with van der Waals surface area (Å²) in [5, 5.41) is 6.56. The highest BCUT2D eigenvalue weighted by atomic mass is 79.9. The van der Waals surface area contributed by atoms with Gasteiger partial charge in [-0.15, -0.1) is 0 Å². The van der Waals surface area contributed by atoms with Crippen molar-refractivity contribution < 1.29 is 0 Å². The molecule has 50 valence electrons. The van der Waals surface area contributed by atoms with Gasteiger partial charge in [-0.05, 0) is 6.42 Å². The number of rotatable bonds is 2. The molecule has 3 nitrogen and oxygen atoms in total. The van der Waals surface area contributed by atoms with E-state index in [1.807, 2.05) is 0 Å². The minimum atomic E-state index is 0.295. The van der Waals surface area contributed by atoms with E-state index in [0.717, 1.165) is 12.2 Å². The summed E-state index contributed by atoms with van der Waals surface area (Å²) in [6.45, 7) is 2.08. The summed E-state index contributed by atoms with van der Waals surface area (Å²) >= 11 is 3.42. The summed E-state index contributed by atoms with van der Waals surface area (Å²) in [5.74, 6) is 0.831. The number of halogens is 1. The molecule has 1 aromatic rings. The van der Waals surface area contributed by atoms with E-state index >= 15 is 0 Å². The fourth-order valence-electron chi connectivity index (χ4n) is 0.552. The molecule has 0 bridgehead atoms. The van der Waals surface area contributed by atoms with Crippen LogP contribution in [0.1, 0.15) is 24.0 Å². The predicted octanol–water partition coefficient (Wildman–Crippen LogP) is 1.65. The van der Waals surface area contributed by atoms with E-state index in [2.05, 4.69) is 38.0 Å². The van der Waals surface area contributed by atoms with Crippen LogP contribution in [-0.2, 0) is 0 Å². The Morgan fingerprint density at radius 3 is 3.11 bits per heavy atom. The van der Waals surface area contributed by atoms with Crippen LogP contribution in [0.5, 0.6) is 0 Å². The van der Waals surface area contributed by atoms with Crippen molar-refractivity contribution in [3.05, 3.63) is 12.2 Å². The number of nitrogens with one attached hydrogen (secondary N) is 1. The monoisotopic (exact) mass is 189 g/mol. The third-order valence-electron chi connectivity index (χ3n) is 1.07. The van der Waals surface area contributed by atoms with Crippen molar-refractivity contribution in [1.82, 2.24) is 15.2 Å². The minimum Gasteiger partial charge on any atom is -0.266 e. The molecule has 0 spiro atoms. The first-order chi connectivity index (χ1) is 4.34. The van der Waals surface area contributed by atoms with E-state index in [1.54, 1.807) is 6.33 Å². The Labute approximate surface area is 62.0 Å². The maximum Gasteiger partial charge on any atom is 0.163 e. The number of hydrogen-bond donors (Lipinski definition) is 1. The van der Waals surface area contributed by atoms with Gasteiger partial charge in [0.05, 0.1) is 4.83 Å². The number of H-pyrrole nitrogens is 1. The number of hydrogen-bond acceptors (Lipinski definition) is 2. The maximum atomic E-state index is 3.97. The summed E-state index contributed by atoms with van der Waals surface area (Å²) < 4.78 is 0. The molecular weight excluding hydrogens is 182 g/mol. The van der Waals surface area contributed by atoms with Crippen molar-refractivity contribution in [3.63, 3.8) is 0 Å². The second-order valence-corrected chi connectivity index (χ2v) is 2.84. The molecule has 0 amide bonds. The van der Waals surface area contributed by atoms with Crippen molar-refractivity contribution in [3.8, 4) is 0 Å². The molecule has 0 saturated heterocycles. The largest absolute Gasteiger partial charge is 0.266 e. The number of aromatic amines is 1. The molecule has 1 rings (SSSR count). The van der Waals surface area contributed by atoms with Gasteiger partial charge in [-0.1, -0.05) is 22.9 Å². The van der Waals surface area contributed by atoms with Crippen LogP contribution >= 0.6 is 15.9 Å². The van der Waals surface area contributed by atoms with E-state index in [0.29, 0.717) is 4.83 Å². The van der Waals surface area contributed by atoms with E-state index < -0.39 is 0 Å². The molecule has 1 heterocycles. The van der Waals surface area contributed by atoms with Crippen LogP contribution in [0, 0.1) is 0 Å². The molecule has 0 aliphatic rings.